The molecule has 3 rings (SSSR count). The van der Waals surface area contributed by atoms with Gasteiger partial charge in [-0.3, -0.25) is 4.79 Å². The summed E-state index contributed by atoms with van der Waals surface area (Å²) in [7, 11) is -3.52. The molecule has 3 aromatic rings. The van der Waals surface area contributed by atoms with Crippen molar-refractivity contribution in [2.75, 3.05) is 16.7 Å². The Morgan fingerprint density at radius 2 is 1.67 bits per heavy atom. The predicted molar refractivity (Wildman–Crippen MR) is 129 cm³/mol. The van der Waals surface area contributed by atoms with Gasteiger partial charge in [0.05, 0.1) is 11.4 Å². The molecule has 0 amide bonds. The van der Waals surface area contributed by atoms with Crippen LogP contribution in [-0.2, 0) is 55.6 Å². The third kappa shape index (κ3) is 8.45. The van der Waals surface area contributed by atoms with Gasteiger partial charge in [-0.05, 0) is 42.7 Å². The Labute approximate surface area is 222 Å². The first-order chi connectivity index (χ1) is 15.5. The number of hydrazine groups is 1. The Hall–Kier alpha value is -1.86. The SMILES string of the molecule is CCCS(=O)(=O)N(NCCCc1c[c-]ccc1)c1ccc(C(=O)Cc2ccccc2)cc1.[Y]. The van der Waals surface area contributed by atoms with Crippen molar-refractivity contribution < 1.29 is 45.9 Å². The molecule has 0 aliphatic heterocycles. The van der Waals surface area contributed by atoms with E-state index in [9.17, 15) is 13.2 Å². The van der Waals surface area contributed by atoms with Gasteiger partial charge in [-0.25, -0.2) is 18.3 Å². The standard InChI is InChI=1S/C26H29N2O3S.Y/c1-2-20-32(30,31)28(27-19-9-14-22-10-5-3-6-11-22)25-17-15-24(16-18-25)26(29)21-23-12-7-4-8-13-23;/h3-5,7-8,10-13,15-18,27H,2,9,14,19-21H2,1H3;/q-1;. The molecule has 7 heteroatoms. The summed E-state index contributed by atoms with van der Waals surface area (Å²) in [6.45, 7) is 2.35. The third-order valence-corrected chi connectivity index (χ3v) is 6.86. The zero-order valence-corrected chi connectivity index (χ0v) is 22.6. The molecule has 0 heterocycles. The number of hydrogen-bond donors (Lipinski definition) is 1. The van der Waals surface area contributed by atoms with Gasteiger partial charge in [0, 0.05) is 51.2 Å². The normalized spacial score (nSPS) is 10.9. The van der Waals surface area contributed by atoms with Crippen LogP contribution in [0, 0.1) is 6.07 Å². The second-order valence-corrected chi connectivity index (χ2v) is 9.57. The number of nitrogens with zero attached hydrogens (tertiary/aromatic N) is 1. The van der Waals surface area contributed by atoms with Gasteiger partial charge in [-0.1, -0.05) is 43.7 Å². The molecule has 1 N–H and O–H groups in total. The quantitative estimate of drug-likeness (QED) is 0.159. The summed E-state index contributed by atoms with van der Waals surface area (Å²) >= 11 is 0. The van der Waals surface area contributed by atoms with Crippen molar-refractivity contribution in [3.05, 3.63) is 102 Å². The van der Waals surface area contributed by atoms with Crippen molar-refractivity contribution in [1.82, 2.24) is 5.43 Å². The number of rotatable bonds is 12. The second-order valence-electron chi connectivity index (χ2n) is 7.64. The fourth-order valence-electron chi connectivity index (χ4n) is 3.42. The molecule has 5 nitrogen and oxygen atoms in total. The van der Waals surface area contributed by atoms with Crippen LogP contribution in [0.4, 0.5) is 5.69 Å². The van der Waals surface area contributed by atoms with Gasteiger partial charge in [0.25, 0.3) is 0 Å². The smallest absolute Gasteiger partial charge is 0.248 e. The van der Waals surface area contributed by atoms with Crippen LogP contribution < -0.4 is 9.84 Å². The van der Waals surface area contributed by atoms with Crippen LogP contribution in [-0.4, -0.2) is 26.5 Å². The number of Topliss-reactive ketones (excluding diaryl/α,β-unsaturated/α-hetero) is 1. The molecular weight excluding hydrogens is 509 g/mol. The van der Waals surface area contributed by atoms with Gasteiger partial charge in [0.2, 0.25) is 10.0 Å². The predicted octanol–water partition coefficient (Wildman–Crippen LogP) is 4.59. The van der Waals surface area contributed by atoms with Gasteiger partial charge < -0.3 is 0 Å². The van der Waals surface area contributed by atoms with Gasteiger partial charge in [-0.2, -0.15) is 35.9 Å². The summed E-state index contributed by atoms with van der Waals surface area (Å²) in [5, 5.41) is 0. The van der Waals surface area contributed by atoms with E-state index in [-0.39, 0.29) is 44.2 Å². The molecule has 0 saturated carbocycles. The van der Waals surface area contributed by atoms with E-state index >= 15 is 0 Å². The van der Waals surface area contributed by atoms with Crippen molar-refractivity contribution >= 4 is 21.5 Å². The minimum atomic E-state index is -3.52. The first-order valence-electron chi connectivity index (χ1n) is 10.9. The van der Waals surface area contributed by atoms with E-state index in [1.165, 1.54) is 9.98 Å². The first kappa shape index (κ1) is 27.4. The number of hydrogen-bond acceptors (Lipinski definition) is 4. The minimum absolute atomic E-state index is 0. The van der Waals surface area contributed by atoms with E-state index in [1.54, 1.807) is 24.3 Å². The van der Waals surface area contributed by atoms with E-state index < -0.39 is 10.0 Å². The first-order valence-corrected chi connectivity index (χ1v) is 12.5. The van der Waals surface area contributed by atoms with Crippen LogP contribution in [0.3, 0.4) is 0 Å². The number of ketones is 1. The maximum Gasteiger partial charge on any atom is 0.248 e. The van der Waals surface area contributed by atoms with E-state index in [0.717, 1.165) is 18.4 Å². The summed E-state index contributed by atoms with van der Waals surface area (Å²) < 4.78 is 26.9. The van der Waals surface area contributed by atoms with Crippen LogP contribution in [0.2, 0.25) is 0 Å². The molecule has 0 aliphatic rings. The van der Waals surface area contributed by atoms with Gasteiger partial charge in [-0.15, -0.1) is 0 Å². The van der Waals surface area contributed by atoms with Crippen LogP contribution in [0.25, 0.3) is 0 Å². The third-order valence-electron chi connectivity index (χ3n) is 5.04. The van der Waals surface area contributed by atoms with E-state index in [4.69, 9.17) is 0 Å². The molecule has 0 bridgehead atoms. The summed E-state index contributed by atoms with van der Waals surface area (Å²) in [6.07, 6.45) is 2.45. The Bertz CT molecular complexity index is 1090. The topological polar surface area (TPSA) is 66.5 Å². The Morgan fingerprint density at radius 1 is 0.970 bits per heavy atom. The average molecular weight is 539 g/mol. The molecule has 33 heavy (non-hydrogen) atoms. The molecule has 0 fully saturated rings. The minimum Gasteiger partial charge on any atom is -0.294 e. The van der Waals surface area contributed by atoms with Gasteiger partial charge >= 0.3 is 0 Å². The van der Waals surface area contributed by atoms with Gasteiger partial charge in [0.15, 0.2) is 5.78 Å². The summed E-state index contributed by atoms with van der Waals surface area (Å²) in [6, 6.07) is 27.2. The molecule has 0 unspecified atom stereocenters. The number of carbonyl (C=O) groups is 1. The number of carbonyl (C=O) groups excluding carboxylic acids is 1. The Morgan fingerprint density at radius 3 is 2.30 bits per heavy atom. The number of nitrogens with one attached hydrogen (secondary N) is 1. The van der Waals surface area contributed by atoms with Crippen molar-refractivity contribution in [2.24, 2.45) is 0 Å². The van der Waals surface area contributed by atoms with Crippen molar-refractivity contribution in [1.29, 1.82) is 0 Å². The molecule has 0 atom stereocenters. The van der Waals surface area contributed by atoms with Crippen LogP contribution in [0.5, 0.6) is 0 Å². The summed E-state index contributed by atoms with van der Waals surface area (Å²) in [5.41, 5.74) is 6.25. The zero-order valence-electron chi connectivity index (χ0n) is 18.9. The molecule has 0 spiro atoms. The molecule has 1 radical (unpaired) electrons. The Kier molecular flexibility index (Phi) is 11.4. The molecular formula is C26H29N2O3SY-. The van der Waals surface area contributed by atoms with Gasteiger partial charge in [0.1, 0.15) is 0 Å². The van der Waals surface area contributed by atoms with Crippen molar-refractivity contribution in [3.63, 3.8) is 0 Å². The van der Waals surface area contributed by atoms with Crippen LogP contribution >= 0.6 is 0 Å². The largest absolute Gasteiger partial charge is 0.294 e. The van der Waals surface area contributed by atoms with Crippen molar-refractivity contribution in [2.45, 2.75) is 32.6 Å². The molecule has 3 aromatic carbocycles. The molecule has 0 saturated heterocycles. The summed E-state index contributed by atoms with van der Waals surface area (Å²) in [5.74, 6) is 0.0424. The average Bonchev–Trinajstić information content (AvgIpc) is 2.80. The number of anilines is 1. The fourth-order valence-corrected chi connectivity index (χ4v) is 4.85. The maximum absolute atomic E-state index is 12.8. The van der Waals surface area contributed by atoms with Crippen LogP contribution in [0.15, 0.2) is 78.9 Å². The molecule has 171 valence electrons. The molecule has 0 aromatic heterocycles. The Balaban J connectivity index is 0.00000385. The van der Waals surface area contributed by atoms with E-state index in [1.807, 2.05) is 61.5 Å². The maximum atomic E-state index is 12.8. The number of sulfonamides is 1. The fraction of sp³-hybridized carbons (Fsp3) is 0.269. The molecule has 0 aliphatic carbocycles. The number of benzene rings is 3. The summed E-state index contributed by atoms with van der Waals surface area (Å²) in [4.78, 5) is 12.6. The number of aryl methyl sites for hydroxylation is 1. The van der Waals surface area contributed by atoms with E-state index in [2.05, 4.69) is 11.5 Å². The monoisotopic (exact) mass is 538 g/mol. The zero-order chi connectivity index (χ0) is 22.8. The van der Waals surface area contributed by atoms with Crippen LogP contribution in [0.1, 0.15) is 41.3 Å². The van der Waals surface area contributed by atoms with Crippen molar-refractivity contribution in [3.8, 4) is 0 Å². The van der Waals surface area contributed by atoms with E-state index in [0.29, 0.717) is 30.6 Å². The second kappa shape index (κ2) is 13.8.